The van der Waals surface area contributed by atoms with Crippen molar-refractivity contribution in [1.29, 1.82) is 5.26 Å². The lowest BCUT2D eigenvalue weighted by molar-refractivity contribution is -0.384. The molecule has 0 bridgehead atoms. The van der Waals surface area contributed by atoms with Crippen molar-refractivity contribution in [3.8, 4) is 6.07 Å². The number of carbonyl (C=O) groups excluding carboxylic acids is 2. The van der Waals surface area contributed by atoms with Gasteiger partial charge in [0, 0.05) is 18.6 Å². The van der Waals surface area contributed by atoms with E-state index in [9.17, 15) is 19.7 Å². The van der Waals surface area contributed by atoms with Crippen molar-refractivity contribution < 1.29 is 14.5 Å². The number of nitrogens with one attached hydrogen (secondary N) is 1. The Morgan fingerprint density at radius 3 is 2.46 bits per heavy atom. The molecule has 26 heavy (non-hydrogen) atoms. The van der Waals surface area contributed by atoms with Crippen LogP contribution in [0.2, 0.25) is 0 Å². The number of hydrogen-bond acceptors (Lipinski definition) is 5. The summed E-state index contributed by atoms with van der Waals surface area (Å²) in [7, 11) is 0. The minimum absolute atomic E-state index is 0.112. The minimum atomic E-state index is -0.922. The highest BCUT2D eigenvalue weighted by atomic mass is 16.6. The van der Waals surface area contributed by atoms with Crippen molar-refractivity contribution >= 4 is 17.5 Å². The normalized spacial score (nSPS) is 11.2. The Bertz CT molecular complexity index is 872. The molecule has 3 N–H and O–H groups in total. The van der Waals surface area contributed by atoms with E-state index >= 15 is 0 Å². The fraction of sp³-hybridized carbons (Fsp3) is 0.167. The zero-order chi connectivity index (χ0) is 19.1. The summed E-state index contributed by atoms with van der Waals surface area (Å²) in [5.74, 6) is -1.16. The molecule has 0 unspecified atom stereocenters. The molecule has 0 aromatic heterocycles. The highest BCUT2D eigenvalue weighted by Gasteiger charge is 2.19. The monoisotopic (exact) mass is 352 g/mol. The first-order valence-corrected chi connectivity index (χ1v) is 7.70. The number of nitro groups is 1. The van der Waals surface area contributed by atoms with Gasteiger partial charge in [0.25, 0.3) is 5.69 Å². The predicted octanol–water partition coefficient (Wildman–Crippen LogP) is 1.22. The zero-order valence-electron chi connectivity index (χ0n) is 13.7. The van der Waals surface area contributed by atoms with Crippen LogP contribution in [0.1, 0.15) is 16.7 Å². The summed E-state index contributed by atoms with van der Waals surface area (Å²) in [6, 6.07) is 13.4. The summed E-state index contributed by atoms with van der Waals surface area (Å²) in [6.07, 6.45) is 0.0700. The van der Waals surface area contributed by atoms with Crippen molar-refractivity contribution in [2.24, 2.45) is 5.73 Å². The molecule has 2 amide bonds. The van der Waals surface area contributed by atoms with Crippen LogP contribution in [0, 0.1) is 21.4 Å². The van der Waals surface area contributed by atoms with Gasteiger partial charge in [-0.3, -0.25) is 19.7 Å². The molecule has 0 aliphatic carbocycles. The van der Waals surface area contributed by atoms with Crippen molar-refractivity contribution in [2.45, 2.75) is 18.9 Å². The van der Waals surface area contributed by atoms with Crippen LogP contribution < -0.4 is 11.1 Å². The van der Waals surface area contributed by atoms with E-state index in [0.29, 0.717) is 11.1 Å². The molecule has 0 saturated carbocycles. The van der Waals surface area contributed by atoms with Crippen molar-refractivity contribution in [1.82, 2.24) is 5.32 Å². The van der Waals surface area contributed by atoms with Gasteiger partial charge in [-0.1, -0.05) is 24.3 Å². The number of nitrogens with zero attached hydrogens (tertiary/aromatic N) is 2. The second-order valence-electron chi connectivity index (χ2n) is 5.64. The van der Waals surface area contributed by atoms with Crippen LogP contribution in [-0.2, 0) is 22.4 Å². The summed E-state index contributed by atoms with van der Waals surface area (Å²) < 4.78 is 0. The van der Waals surface area contributed by atoms with Gasteiger partial charge in [0.1, 0.15) is 6.04 Å². The van der Waals surface area contributed by atoms with Crippen LogP contribution in [0.3, 0.4) is 0 Å². The van der Waals surface area contributed by atoms with Crippen LogP contribution in [0.25, 0.3) is 0 Å². The van der Waals surface area contributed by atoms with Gasteiger partial charge in [-0.05, 0) is 23.3 Å². The van der Waals surface area contributed by atoms with Crippen LogP contribution >= 0.6 is 0 Å². The Morgan fingerprint density at radius 1 is 1.19 bits per heavy atom. The number of amides is 2. The Morgan fingerprint density at radius 2 is 1.88 bits per heavy atom. The second-order valence-corrected chi connectivity index (χ2v) is 5.64. The molecule has 0 heterocycles. The molecule has 8 nitrogen and oxygen atoms in total. The fourth-order valence-corrected chi connectivity index (χ4v) is 2.38. The molecule has 132 valence electrons. The van der Waals surface area contributed by atoms with E-state index in [0.717, 1.165) is 5.56 Å². The van der Waals surface area contributed by atoms with Crippen molar-refractivity contribution in [2.75, 3.05) is 0 Å². The lowest BCUT2D eigenvalue weighted by Crippen LogP contribution is -2.46. The van der Waals surface area contributed by atoms with Gasteiger partial charge >= 0.3 is 0 Å². The molecular formula is C18H16N4O4. The van der Waals surface area contributed by atoms with Gasteiger partial charge in [0.2, 0.25) is 11.8 Å². The molecule has 0 saturated heterocycles. The Balaban J connectivity index is 2.03. The van der Waals surface area contributed by atoms with Gasteiger partial charge < -0.3 is 11.1 Å². The molecule has 0 aliphatic rings. The molecule has 0 aliphatic heterocycles. The predicted molar refractivity (Wildman–Crippen MR) is 92.8 cm³/mol. The van der Waals surface area contributed by atoms with Gasteiger partial charge in [0.05, 0.1) is 23.0 Å². The number of primary amides is 1. The zero-order valence-corrected chi connectivity index (χ0v) is 13.7. The van der Waals surface area contributed by atoms with Gasteiger partial charge in [-0.15, -0.1) is 0 Å². The average molecular weight is 352 g/mol. The number of nitro benzene ring substituents is 1. The second kappa shape index (κ2) is 8.39. The van der Waals surface area contributed by atoms with Crippen LogP contribution in [-0.4, -0.2) is 22.8 Å². The molecule has 2 aromatic carbocycles. The third-order valence-electron chi connectivity index (χ3n) is 3.69. The fourth-order valence-electron chi connectivity index (χ4n) is 2.38. The van der Waals surface area contributed by atoms with E-state index in [1.807, 2.05) is 6.07 Å². The molecule has 0 radical (unpaired) electrons. The summed E-state index contributed by atoms with van der Waals surface area (Å²) in [4.78, 5) is 34.0. The van der Waals surface area contributed by atoms with Gasteiger partial charge in [0.15, 0.2) is 0 Å². The first-order valence-electron chi connectivity index (χ1n) is 7.70. The summed E-state index contributed by atoms with van der Waals surface area (Å²) >= 11 is 0. The van der Waals surface area contributed by atoms with Gasteiger partial charge in [-0.2, -0.15) is 5.26 Å². The number of rotatable bonds is 7. The molecule has 2 aromatic rings. The summed E-state index contributed by atoms with van der Waals surface area (Å²) in [5, 5.41) is 22.1. The lowest BCUT2D eigenvalue weighted by atomic mass is 10.0. The maximum absolute atomic E-state index is 12.2. The SMILES string of the molecule is N#Cc1ccc(C[C@@H](NC(=O)Cc2cccc([N+](=O)[O-])c2)C(N)=O)cc1. The number of benzene rings is 2. The molecule has 0 spiro atoms. The van der Waals surface area contributed by atoms with E-state index in [1.54, 1.807) is 30.3 Å². The standard InChI is InChI=1S/C18H16N4O4/c19-11-13-6-4-12(5-7-13)9-16(18(20)24)21-17(23)10-14-2-1-3-15(8-14)22(25)26/h1-8,16H,9-10H2,(H2,20,24)(H,21,23)/t16-/m1/s1. The highest BCUT2D eigenvalue weighted by Crippen LogP contribution is 2.13. The van der Waals surface area contributed by atoms with Crippen LogP contribution in [0.15, 0.2) is 48.5 Å². The Hall–Kier alpha value is -3.73. The number of hydrogen-bond donors (Lipinski definition) is 2. The van der Waals surface area contributed by atoms with Crippen LogP contribution in [0.4, 0.5) is 5.69 Å². The molecular weight excluding hydrogens is 336 g/mol. The summed E-state index contributed by atoms with van der Waals surface area (Å²) in [5.41, 5.74) is 6.92. The van der Waals surface area contributed by atoms with Crippen molar-refractivity contribution in [3.05, 3.63) is 75.3 Å². The quantitative estimate of drug-likeness (QED) is 0.569. The van der Waals surface area contributed by atoms with E-state index in [-0.39, 0.29) is 18.5 Å². The Labute approximate surface area is 149 Å². The minimum Gasteiger partial charge on any atom is -0.368 e. The largest absolute Gasteiger partial charge is 0.368 e. The van der Waals surface area contributed by atoms with E-state index < -0.39 is 22.8 Å². The molecule has 1 atom stereocenters. The third-order valence-corrected chi connectivity index (χ3v) is 3.69. The summed E-state index contributed by atoms with van der Waals surface area (Å²) in [6.45, 7) is 0. The van der Waals surface area contributed by atoms with E-state index in [2.05, 4.69) is 5.32 Å². The number of nitrogens with two attached hydrogens (primary N) is 1. The number of non-ortho nitro benzene ring substituents is 1. The number of nitriles is 1. The van der Waals surface area contributed by atoms with E-state index in [1.165, 1.54) is 18.2 Å². The lowest BCUT2D eigenvalue weighted by Gasteiger charge is -2.15. The van der Waals surface area contributed by atoms with Crippen molar-refractivity contribution in [3.63, 3.8) is 0 Å². The Kier molecular flexibility index (Phi) is 6.01. The van der Waals surface area contributed by atoms with Crippen LogP contribution in [0.5, 0.6) is 0 Å². The number of carbonyl (C=O) groups is 2. The molecule has 2 rings (SSSR count). The maximum atomic E-state index is 12.2. The molecule has 0 fully saturated rings. The topological polar surface area (TPSA) is 139 Å². The average Bonchev–Trinajstić information content (AvgIpc) is 2.61. The first kappa shape index (κ1) is 18.6. The maximum Gasteiger partial charge on any atom is 0.269 e. The molecule has 8 heteroatoms. The highest BCUT2D eigenvalue weighted by molar-refractivity contribution is 5.87. The van der Waals surface area contributed by atoms with E-state index in [4.69, 9.17) is 11.0 Å². The van der Waals surface area contributed by atoms with Gasteiger partial charge in [-0.25, -0.2) is 0 Å². The smallest absolute Gasteiger partial charge is 0.269 e. The first-order chi connectivity index (χ1) is 12.4. The third kappa shape index (κ3) is 5.14.